The number of hydrogen-bond acceptors (Lipinski definition) is 2. The second kappa shape index (κ2) is 4.96. The number of nitrogens with two attached hydrogens (primary N) is 1. The number of anilines is 1. The van der Waals surface area contributed by atoms with E-state index in [0.29, 0.717) is 17.7 Å². The van der Waals surface area contributed by atoms with Gasteiger partial charge < -0.3 is 10.6 Å². The van der Waals surface area contributed by atoms with Gasteiger partial charge in [-0.1, -0.05) is 12.1 Å². The Hall–Kier alpha value is -1.09. The number of alkyl halides is 1. The first kappa shape index (κ1) is 11.0. The monoisotopic (exact) mass is 196 g/mol. The average Bonchev–Trinajstić information content (AvgIpc) is 2.14. The number of benzene rings is 1. The maximum atomic E-state index is 13.6. The molecule has 1 aromatic rings. The van der Waals surface area contributed by atoms with Crippen LogP contribution in [-0.4, -0.2) is 25.5 Å². The third-order valence-electron chi connectivity index (χ3n) is 2.10. The number of rotatable bonds is 4. The second-order valence-electron chi connectivity index (χ2n) is 3.73. The van der Waals surface area contributed by atoms with Crippen LogP contribution in [0.25, 0.3) is 0 Å². The number of nitrogen functional groups attached to an aromatic ring is 1. The summed E-state index contributed by atoms with van der Waals surface area (Å²) in [4.78, 5) is 1.97. The molecule has 0 fully saturated rings. The van der Waals surface area contributed by atoms with Gasteiger partial charge in [0.15, 0.2) is 0 Å². The molecule has 0 saturated carbocycles. The molecule has 0 spiro atoms. The van der Waals surface area contributed by atoms with E-state index in [1.54, 1.807) is 24.3 Å². The van der Waals surface area contributed by atoms with E-state index in [4.69, 9.17) is 5.73 Å². The molecule has 1 atom stereocenters. The maximum absolute atomic E-state index is 13.6. The first-order chi connectivity index (χ1) is 6.59. The largest absolute Gasteiger partial charge is 0.399 e. The molecule has 78 valence electrons. The van der Waals surface area contributed by atoms with E-state index in [1.807, 2.05) is 19.0 Å². The zero-order chi connectivity index (χ0) is 10.6. The Balaban J connectivity index is 2.56. The second-order valence-corrected chi connectivity index (χ2v) is 3.73. The van der Waals surface area contributed by atoms with Gasteiger partial charge in [0, 0.05) is 12.2 Å². The smallest absolute Gasteiger partial charge is 0.126 e. The topological polar surface area (TPSA) is 29.3 Å². The van der Waals surface area contributed by atoms with E-state index >= 15 is 0 Å². The maximum Gasteiger partial charge on any atom is 0.126 e. The van der Waals surface area contributed by atoms with Gasteiger partial charge in [-0.15, -0.1) is 0 Å². The van der Waals surface area contributed by atoms with E-state index < -0.39 is 6.17 Å². The Morgan fingerprint density at radius 1 is 1.43 bits per heavy atom. The van der Waals surface area contributed by atoms with Gasteiger partial charge in [-0.3, -0.25) is 0 Å². The zero-order valence-corrected chi connectivity index (χ0v) is 8.70. The third kappa shape index (κ3) is 3.34. The third-order valence-corrected chi connectivity index (χ3v) is 2.10. The van der Waals surface area contributed by atoms with Crippen molar-refractivity contribution in [3.63, 3.8) is 0 Å². The van der Waals surface area contributed by atoms with Crippen LogP contribution in [0.5, 0.6) is 0 Å². The lowest BCUT2D eigenvalue weighted by Gasteiger charge is -2.13. The molecular formula is C11H17FN2. The molecule has 0 radical (unpaired) electrons. The van der Waals surface area contributed by atoms with Gasteiger partial charge in [-0.2, -0.15) is 0 Å². The SMILES string of the molecule is CN(C)CCC(F)c1cccc(N)c1. The molecule has 1 unspecified atom stereocenters. The van der Waals surface area contributed by atoms with Crippen molar-refractivity contribution in [2.24, 2.45) is 0 Å². The molecule has 14 heavy (non-hydrogen) atoms. The molecule has 0 aromatic heterocycles. The molecule has 0 aliphatic rings. The summed E-state index contributed by atoms with van der Waals surface area (Å²) in [6.45, 7) is 0.746. The van der Waals surface area contributed by atoms with Crippen LogP contribution < -0.4 is 5.73 Å². The lowest BCUT2D eigenvalue weighted by molar-refractivity contribution is 0.278. The summed E-state index contributed by atoms with van der Waals surface area (Å²) in [5, 5.41) is 0. The molecule has 2 nitrogen and oxygen atoms in total. The molecule has 1 rings (SSSR count). The van der Waals surface area contributed by atoms with Gasteiger partial charge in [-0.05, 0) is 38.2 Å². The standard InChI is InChI=1S/C11H17FN2/c1-14(2)7-6-11(12)9-4-3-5-10(13)8-9/h3-5,8,11H,6-7,13H2,1-2H3. The van der Waals surface area contributed by atoms with Crippen LogP contribution in [0.1, 0.15) is 18.2 Å². The number of halogens is 1. The van der Waals surface area contributed by atoms with Crippen molar-refractivity contribution >= 4 is 5.69 Å². The summed E-state index contributed by atoms with van der Waals surface area (Å²) in [7, 11) is 3.87. The minimum Gasteiger partial charge on any atom is -0.399 e. The van der Waals surface area contributed by atoms with Gasteiger partial charge in [0.25, 0.3) is 0 Å². The lowest BCUT2D eigenvalue weighted by Crippen LogP contribution is -2.14. The normalized spacial score (nSPS) is 13.1. The molecule has 0 amide bonds. The van der Waals surface area contributed by atoms with Gasteiger partial charge in [0.05, 0.1) is 0 Å². The first-order valence-corrected chi connectivity index (χ1v) is 4.74. The van der Waals surface area contributed by atoms with Gasteiger partial charge in [-0.25, -0.2) is 4.39 Å². The van der Waals surface area contributed by atoms with Crippen molar-refractivity contribution in [3.05, 3.63) is 29.8 Å². The van der Waals surface area contributed by atoms with Gasteiger partial charge in [0.2, 0.25) is 0 Å². The van der Waals surface area contributed by atoms with Crippen LogP contribution in [0.3, 0.4) is 0 Å². The molecule has 0 bridgehead atoms. The van der Waals surface area contributed by atoms with E-state index in [9.17, 15) is 4.39 Å². The Labute approximate surface area is 84.5 Å². The molecule has 2 N–H and O–H groups in total. The summed E-state index contributed by atoms with van der Waals surface area (Å²) in [5.74, 6) is 0. The van der Waals surface area contributed by atoms with E-state index in [-0.39, 0.29) is 0 Å². The molecule has 3 heteroatoms. The van der Waals surface area contributed by atoms with E-state index in [2.05, 4.69) is 0 Å². The van der Waals surface area contributed by atoms with Crippen LogP contribution in [0.15, 0.2) is 24.3 Å². The van der Waals surface area contributed by atoms with Crippen molar-refractivity contribution in [1.29, 1.82) is 0 Å². The van der Waals surface area contributed by atoms with Crippen molar-refractivity contribution in [2.75, 3.05) is 26.4 Å². The highest BCUT2D eigenvalue weighted by molar-refractivity contribution is 5.41. The predicted octanol–water partition coefficient (Wildman–Crippen LogP) is 2.23. The molecule has 0 saturated heterocycles. The van der Waals surface area contributed by atoms with E-state index in [0.717, 1.165) is 6.54 Å². The van der Waals surface area contributed by atoms with Crippen molar-refractivity contribution in [2.45, 2.75) is 12.6 Å². The highest BCUT2D eigenvalue weighted by atomic mass is 19.1. The van der Waals surface area contributed by atoms with Crippen molar-refractivity contribution < 1.29 is 4.39 Å². The summed E-state index contributed by atoms with van der Waals surface area (Å²) in [6, 6.07) is 7.02. The highest BCUT2D eigenvalue weighted by Gasteiger charge is 2.09. The molecule has 1 aromatic carbocycles. The zero-order valence-electron chi connectivity index (χ0n) is 8.70. The minimum atomic E-state index is -0.916. The Bertz CT molecular complexity index is 286. The summed E-state index contributed by atoms with van der Waals surface area (Å²) in [6.07, 6.45) is -0.405. The van der Waals surface area contributed by atoms with Crippen molar-refractivity contribution in [1.82, 2.24) is 4.90 Å². The molecule has 0 heterocycles. The van der Waals surface area contributed by atoms with Crippen LogP contribution in [0.4, 0.5) is 10.1 Å². The van der Waals surface area contributed by atoms with E-state index in [1.165, 1.54) is 0 Å². The summed E-state index contributed by atoms with van der Waals surface area (Å²) < 4.78 is 13.6. The fourth-order valence-electron chi connectivity index (χ4n) is 1.29. The highest BCUT2D eigenvalue weighted by Crippen LogP contribution is 2.22. The Morgan fingerprint density at radius 3 is 2.71 bits per heavy atom. The molecular weight excluding hydrogens is 179 g/mol. The fraction of sp³-hybridized carbons (Fsp3) is 0.455. The Kier molecular flexibility index (Phi) is 3.89. The van der Waals surface area contributed by atoms with Crippen LogP contribution in [0.2, 0.25) is 0 Å². The Morgan fingerprint density at radius 2 is 2.14 bits per heavy atom. The lowest BCUT2D eigenvalue weighted by atomic mass is 10.1. The summed E-state index contributed by atoms with van der Waals surface area (Å²) >= 11 is 0. The predicted molar refractivity (Wildman–Crippen MR) is 57.9 cm³/mol. The summed E-state index contributed by atoms with van der Waals surface area (Å²) in [5.41, 5.74) is 6.87. The average molecular weight is 196 g/mol. The number of hydrogen-bond donors (Lipinski definition) is 1. The number of nitrogens with zero attached hydrogens (tertiary/aromatic N) is 1. The van der Waals surface area contributed by atoms with Crippen LogP contribution in [0, 0.1) is 0 Å². The van der Waals surface area contributed by atoms with Crippen molar-refractivity contribution in [3.8, 4) is 0 Å². The molecule has 0 aliphatic carbocycles. The quantitative estimate of drug-likeness (QED) is 0.748. The van der Waals surface area contributed by atoms with Crippen LogP contribution >= 0.6 is 0 Å². The van der Waals surface area contributed by atoms with Gasteiger partial charge in [0.1, 0.15) is 6.17 Å². The van der Waals surface area contributed by atoms with Crippen LogP contribution in [-0.2, 0) is 0 Å². The van der Waals surface area contributed by atoms with Gasteiger partial charge >= 0.3 is 0 Å². The minimum absolute atomic E-state index is 0.510. The first-order valence-electron chi connectivity index (χ1n) is 4.74. The fourth-order valence-corrected chi connectivity index (χ4v) is 1.29. The molecule has 0 aliphatic heterocycles.